The molecule has 9 heteroatoms. The van der Waals surface area contributed by atoms with E-state index in [2.05, 4.69) is 15.0 Å². The summed E-state index contributed by atoms with van der Waals surface area (Å²) in [7, 11) is 0. The van der Waals surface area contributed by atoms with Gasteiger partial charge in [-0.25, -0.2) is 15.0 Å². The molecule has 1 saturated heterocycles. The Bertz CT molecular complexity index is 606. The minimum absolute atomic E-state index is 0.205. The van der Waals surface area contributed by atoms with Gasteiger partial charge >= 0.3 is 0 Å². The fourth-order valence-electron chi connectivity index (χ4n) is 2.17. The molecule has 0 aliphatic carbocycles. The summed E-state index contributed by atoms with van der Waals surface area (Å²) in [5, 5.41) is 28.2. The van der Waals surface area contributed by atoms with E-state index in [0.717, 1.165) is 0 Å². The Labute approximate surface area is 112 Å². The molecular formula is C10H13N5O3S. The molecule has 3 heterocycles. The van der Waals surface area contributed by atoms with E-state index >= 15 is 0 Å². The highest BCUT2D eigenvalue weighted by Crippen LogP contribution is 2.42. The number of anilines is 1. The lowest BCUT2D eigenvalue weighted by atomic mass is 10.1. The summed E-state index contributed by atoms with van der Waals surface area (Å²) in [5.41, 5.74) is 6.65. The van der Waals surface area contributed by atoms with Crippen LogP contribution in [0.5, 0.6) is 0 Å². The minimum Gasteiger partial charge on any atom is -0.395 e. The number of nitrogens with two attached hydrogens (primary N) is 1. The zero-order valence-corrected chi connectivity index (χ0v) is 10.6. The van der Waals surface area contributed by atoms with Crippen LogP contribution in [-0.2, 0) is 0 Å². The Morgan fingerprint density at radius 3 is 2.74 bits per heavy atom. The molecule has 2 aromatic rings. The number of fused-ring (bicyclic) bond motifs is 1. The van der Waals surface area contributed by atoms with Crippen molar-refractivity contribution in [1.82, 2.24) is 19.5 Å². The zero-order chi connectivity index (χ0) is 13.6. The van der Waals surface area contributed by atoms with Crippen molar-refractivity contribution in [3.05, 3.63) is 12.7 Å². The summed E-state index contributed by atoms with van der Waals surface area (Å²) in [5.74, 6) is 0.264. The van der Waals surface area contributed by atoms with Crippen molar-refractivity contribution >= 4 is 28.7 Å². The van der Waals surface area contributed by atoms with Crippen molar-refractivity contribution in [2.75, 3.05) is 12.3 Å². The minimum atomic E-state index is -1.00. The average Bonchev–Trinajstić information content (AvgIpc) is 2.94. The Balaban J connectivity index is 2.04. The number of nitrogens with zero attached hydrogens (tertiary/aromatic N) is 4. The van der Waals surface area contributed by atoms with Crippen LogP contribution in [0.15, 0.2) is 12.7 Å². The summed E-state index contributed by atoms with van der Waals surface area (Å²) in [6.45, 7) is -0.205. The molecule has 0 amide bonds. The number of aliphatic hydroxyl groups excluding tert-OH is 3. The van der Waals surface area contributed by atoms with E-state index in [1.165, 1.54) is 24.4 Å². The summed E-state index contributed by atoms with van der Waals surface area (Å²) in [6.07, 6.45) is 0.831. The lowest BCUT2D eigenvalue weighted by Gasteiger charge is -2.16. The van der Waals surface area contributed by atoms with Crippen LogP contribution < -0.4 is 5.73 Å². The van der Waals surface area contributed by atoms with Gasteiger partial charge in [0, 0.05) is 0 Å². The predicted molar refractivity (Wildman–Crippen MR) is 69.3 cm³/mol. The van der Waals surface area contributed by atoms with Gasteiger partial charge in [-0.05, 0) is 0 Å². The van der Waals surface area contributed by atoms with Gasteiger partial charge in [0.05, 0.1) is 24.3 Å². The second-order valence-electron chi connectivity index (χ2n) is 4.31. The third-order valence-electron chi connectivity index (χ3n) is 3.18. The largest absolute Gasteiger partial charge is 0.395 e. The molecule has 3 rings (SSSR count). The van der Waals surface area contributed by atoms with Gasteiger partial charge in [0.25, 0.3) is 0 Å². The second kappa shape index (κ2) is 4.60. The molecule has 8 nitrogen and oxygen atoms in total. The number of thioether (sulfide) groups is 1. The van der Waals surface area contributed by atoms with Gasteiger partial charge in [-0.3, -0.25) is 4.57 Å². The molecule has 0 spiro atoms. The topological polar surface area (TPSA) is 130 Å². The fourth-order valence-corrected chi connectivity index (χ4v) is 3.54. The maximum absolute atomic E-state index is 10.1. The Kier molecular flexibility index (Phi) is 3.05. The third-order valence-corrected chi connectivity index (χ3v) is 4.74. The van der Waals surface area contributed by atoms with Gasteiger partial charge in [-0.1, -0.05) is 0 Å². The summed E-state index contributed by atoms with van der Waals surface area (Å²) in [6, 6.07) is 0. The van der Waals surface area contributed by atoms with Crippen LogP contribution in [0.3, 0.4) is 0 Å². The molecule has 0 bridgehead atoms. The molecule has 2 aromatic heterocycles. The van der Waals surface area contributed by atoms with E-state index in [1.807, 2.05) is 0 Å². The molecule has 1 aliphatic rings. The summed E-state index contributed by atoms with van der Waals surface area (Å²) >= 11 is 1.28. The first kappa shape index (κ1) is 12.6. The van der Waals surface area contributed by atoms with Crippen LogP contribution in [0.25, 0.3) is 11.2 Å². The average molecular weight is 283 g/mol. The van der Waals surface area contributed by atoms with E-state index in [-0.39, 0.29) is 12.4 Å². The number of nitrogen functional groups attached to an aromatic ring is 1. The predicted octanol–water partition coefficient (Wildman–Crippen LogP) is -1.26. The standard InChI is InChI=1S/C10H13N5O3S/c11-8-5-9(13-2-12-8)15(3-14-5)10-7(18)6(17)4(1-16)19-10/h2-4,6-7,10,16-18H,1H2,(H2,11,12,13)/t4-,6-,7+,10?/m1/s1. The molecule has 1 fully saturated rings. The van der Waals surface area contributed by atoms with Gasteiger partial charge in [-0.2, -0.15) is 0 Å². The van der Waals surface area contributed by atoms with Gasteiger partial charge < -0.3 is 21.1 Å². The molecule has 1 unspecified atom stereocenters. The monoisotopic (exact) mass is 283 g/mol. The SMILES string of the molecule is Nc1ncnc2c1ncn2C1S[C@H](CO)[C@@H](O)[C@@H]1O. The van der Waals surface area contributed by atoms with Crippen molar-refractivity contribution in [2.24, 2.45) is 0 Å². The zero-order valence-electron chi connectivity index (χ0n) is 9.79. The second-order valence-corrected chi connectivity index (χ2v) is 5.67. The molecule has 0 saturated carbocycles. The first-order valence-electron chi connectivity index (χ1n) is 5.69. The van der Waals surface area contributed by atoms with Crippen molar-refractivity contribution in [3.8, 4) is 0 Å². The molecule has 102 valence electrons. The van der Waals surface area contributed by atoms with E-state index in [9.17, 15) is 10.2 Å². The normalized spacial score (nSPS) is 31.1. The van der Waals surface area contributed by atoms with Crippen molar-refractivity contribution in [1.29, 1.82) is 0 Å². The molecule has 1 aliphatic heterocycles. The molecule has 0 radical (unpaired) electrons. The van der Waals surface area contributed by atoms with Crippen LogP contribution >= 0.6 is 11.8 Å². The smallest absolute Gasteiger partial charge is 0.166 e. The third kappa shape index (κ3) is 1.86. The van der Waals surface area contributed by atoms with E-state index in [4.69, 9.17) is 10.8 Å². The van der Waals surface area contributed by atoms with Crippen LogP contribution in [-0.4, -0.2) is 58.9 Å². The maximum atomic E-state index is 10.1. The molecule has 5 N–H and O–H groups in total. The van der Waals surface area contributed by atoms with E-state index < -0.39 is 22.8 Å². The lowest BCUT2D eigenvalue weighted by molar-refractivity contribution is 0.0113. The Hall–Kier alpha value is -1.42. The van der Waals surface area contributed by atoms with Crippen LogP contribution in [0, 0.1) is 0 Å². The Morgan fingerprint density at radius 1 is 1.26 bits per heavy atom. The van der Waals surface area contributed by atoms with Crippen molar-refractivity contribution < 1.29 is 15.3 Å². The number of aliphatic hydroxyl groups is 3. The van der Waals surface area contributed by atoms with Crippen LogP contribution in [0.2, 0.25) is 0 Å². The van der Waals surface area contributed by atoms with Crippen molar-refractivity contribution in [2.45, 2.75) is 22.8 Å². The Morgan fingerprint density at radius 2 is 2.05 bits per heavy atom. The highest BCUT2D eigenvalue weighted by molar-refractivity contribution is 8.00. The number of aromatic nitrogens is 4. The van der Waals surface area contributed by atoms with Gasteiger partial charge in [0.15, 0.2) is 11.5 Å². The molecule has 0 aromatic carbocycles. The molecule has 4 atom stereocenters. The van der Waals surface area contributed by atoms with Gasteiger partial charge in [0.2, 0.25) is 0 Å². The number of rotatable bonds is 2. The first-order chi connectivity index (χ1) is 9.13. The highest BCUT2D eigenvalue weighted by Gasteiger charge is 2.43. The fraction of sp³-hybridized carbons (Fsp3) is 0.500. The number of hydrogen-bond donors (Lipinski definition) is 4. The molecule has 19 heavy (non-hydrogen) atoms. The van der Waals surface area contributed by atoms with Gasteiger partial charge in [0.1, 0.15) is 23.3 Å². The van der Waals surface area contributed by atoms with Crippen molar-refractivity contribution in [3.63, 3.8) is 0 Å². The summed E-state index contributed by atoms with van der Waals surface area (Å²) in [4.78, 5) is 12.1. The van der Waals surface area contributed by atoms with E-state index in [0.29, 0.717) is 11.2 Å². The number of hydrogen-bond acceptors (Lipinski definition) is 8. The highest BCUT2D eigenvalue weighted by atomic mass is 32.2. The van der Waals surface area contributed by atoms with Crippen LogP contribution in [0.1, 0.15) is 5.37 Å². The lowest BCUT2D eigenvalue weighted by Crippen LogP contribution is -2.32. The first-order valence-corrected chi connectivity index (χ1v) is 6.63. The quantitative estimate of drug-likeness (QED) is 0.537. The van der Waals surface area contributed by atoms with E-state index in [1.54, 1.807) is 4.57 Å². The molecular weight excluding hydrogens is 270 g/mol. The summed E-state index contributed by atoms with van der Waals surface area (Å²) < 4.78 is 1.64. The van der Waals surface area contributed by atoms with Gasteiger partial charge in [-0.15, -0.1) is 11.8 Å². The number of imidazole rings is 1. The maximum Gasteiger partial charge on any atom is 0.166 e. The van der Waals surface area contributed by atoms with Crippen LogP contribution in [0.4, 0.5) is 5.82 Å².